The Morgan fingerprint density at radius 1 is 1.39 bits per heavy atom. The Labute approximate surface area is 103 Å². The van der Waals surface area contributed by atoms with E-state index in [-0.39, 0.29) is 0 Å². The van der Waals surface area contributed by atoms with Crippen LogP contribution in [0.4, 0.5) is 5.82 Å². The first-order valence-electron chi connectivity index (χ1n) is 5.53. The zero-order valence-corrected chi connectivity index (χ0v) is 10.1. The average molecular weight is 244 g/mol. The number of hydrogen-bond acceptors (Lipinski definition) is 6. The summed E-state index contributed by atoms with van der Waals surface area (Å²) in [7, 11) is 1.85. The molecule has 18 heavy (non-hydrogen) atoms. The second-order valence-corrected chi connectivity index (χ2v) is 4.01. The summed E-state index contributed by atoms with van der Waals surface area (Å²) in [6.07, 6.45) is 3.26. The van der Waals surface area contributed by atoms with Crippen molar-refractivity contribution >= 4 is 16.9 Å². The molecule has 0 radical (unpaired) electrons. The number of aromatic nitrogens is 5. The first kappa shape index (κ1) is 10.7. The molecule has 0 aliphatic heterocycles. The average Bonchev–Trinajstić information content (AvgIpc) is 2.94. The minimum absolute atomic E-state index is 0.554. The first-order chi connectivity index (χ1) is 8.74. The monoisotopic (exact) mass is 244 g/mol. The maximum atomic E-state index is 5.01. The number of anilines is 1. The minimum Gasteiger partial charge on any atom is -0.364 e. The number of hydrogen-bond donors (Lipinski definition) is 1. The van der Waals surface area contributed by atoms with E-state index >= 15 is 0 Å². The van der Waals surface area contributed by atoms with Crippen LogP contribution in [-0.4, -0.2) is 24.9 Å². The molecule has 7 nitrogen and oxygen atoms in total. The van der Waals surface area contributed by atoms with E-state index < -0.39 is 0 Å². The molecule has 3 rings (SSSR count). The number of aryl methyl sites for hydroxylation is 2. The number of fused-ring (bicyclic) bond motifs is 1. The van der Waals surface area contributed by atoms with Gasteiger partial charge in [-0.05, 0) is 6.92 Å². The van der Waals surface area contributed by atoms with Crippen molar-refractivity contribution in [1.82, 2.24) is 24.9 Å². The molecule has 0 aliphatic carbocycles. The standard InChI is InChI=1S/C11H12N6O/c1-7-3-8(16-18-7)4-12-10-9-5-15-17(2)11(9)14-6-13-10/h3,5-6H,4H2,1-2H3,(H,12,13,14). The lowest BCUT2D eigenvalue weighted by Gasteiger charge is -2.03. The molecule has 0 spiro atoms. The highest BCUT2D eigenvalue weighted by molar-refractivity contribution is 5.85. The van der Waals surface area contributed by atoms with E-state index in [1.54, 1.807) is 10.9 Å². The molecule has 3 heterocycles. The van der Waals surface area contributed by atoms with Crippen LogP contribution < -0.4 is 5.32 Å². The van der Waals surface area contributed by atoms with Gasteiger partial charge in [0.1, 0.15) is 23.6 Å². The van der Waals surface area contributed by atoms with Crippen molar-refractivity contribution in [2.24, 2.45) is 7.05 Å². The SMILES string of the molecule is Cc1cc(CNc2ncnc3c2cnn3C)no1. The van der Waals surface area contributed by atoms with Crippen LogP contribution in [0.1, 0.15) is 11.5 Å². The van der Waals surface area contributed by atoms with Gasteiger partial charge in [-0.3, -0.25) is 4.68 Å². The summed E-state index contributed by atoms with van der Waals surface area (Å²) in [5.74, 6) is 1.54. The normalized spacial score (nSPS) is 11.0. The Kier molecular flexibility index (Phi) is 2.44. The number of nitrogens with one attached hydrogen (secondary N) is 1. The fraction of sp³-hybridized carbons (Fsp3) is 0.273. The van der Waals surface area contributed by atoms with Crippen LogP contribution in [0, 0.1) is 6.92 Å². The Hall–Kier alpha value is -2.44. The van der Waals surface area contributed by atoms with Gasteiger partial charge in [0.05, 0.1) is 18.1 Å². The molecular weight excluding hydrogens is 232 g/mol. The van der Waals surface area contributed by atoms with Gasteiger partial charge in [-0.1, -0.05) is 5.16 Å². The van der Waals surface area contributed by atoms with Crippen LogP contribution in [0.25, 0.3) is 11.0 Å². The summed E-state index contributed by atoms with van der Waals surface area (Å²) in [5.41, 5.74) is 1.63. The molecule has 92 valence electrons. The van der Waals surface area contributed by atoms with Crippen LogP contribution in [-0.2, 0) is 13.6 Å². The molecule has 3 aromatic rings. The first-order valence-corrected chi connectivity index (χ1v) is 5.53. The van der Waals surface area contributed by atoms with E-state index in [4.69, 9.17) is 4.52 Å². The smallest absolute Gasteiger partial charge is 0.163 e. The molecule has 3 aromatic heterocycles. The summed E-state index contributed by atoms with van der Waals surface area (Å²) < 4.78 is 6.72. The molecule has 0 bridgehead atoms. The van der Waals surface area contributed by atoms with E-state index in [0.717, 1.165) is 28.3 Å². The van der Waals surface area contributed by atoms with Crippen molar-refractivity contribution in [3.05, 3.63) is 30.0 Å². The van der Waals surface area contributed by atoms with E-state index in [1.165, 1.54) is 6.33 Å². The molecule has 7 heteroatoms. The molecule has 0 saturated heterocycles. The van der Waals surface area contributed by atoms with Crippen molar-refractivity contribution in [2.75, 3.05) is 5.32 Å². The topological polar surface area (TPSA) is 81.7 Å². The van der Waals surface area contributed by atoms with E-state index in [0.29, 0.717) is 6.54 Å². The summed E-state index contributed by atoms with van der Waals surface area (Å²) >= 11 is 0. The maximum Gasteiger partial charge on any atom is 0.163 e. The zero-order valence-electron chi connectivity index (χ0n) is 10.1. The van der Waals surface area contributed by atoms with Crippen LogP contribution >= 0.6 is 0 Å². The van der Waals surface area contributed by atoms with Crippen molar-refractivity contribution < 1.29 is 4.52 Å². The minimum atomic E-state index is 0.554. The van der Waals surface area contributed by atoms with Crippen molar-refractivity contribution in [1.29, 1.82) is 0 Å². The van der Waals surface area contributed by atoms with Crippen LogP contribution in [0.2, 0.25) is 0 Å². The summed E-state index contributed by atoms with van der Waals surface area (Å²) in [6, 6.07) is 1.88. The molecule has 0 aliphatic rings. The van der Waals surface area contributed by atoms with Gasteiger partial charge in [0.25, 0.3) is 0 Å². The van der Waals surface area contributed by atoms with Crippen molar-refractivity contribution in [3.8, 4) is 0 Å². The van der Waals surface area contributed by atoms with Gasteiger partial charge in [-0.25, -0.2) is 9.97 Å². The lowest BCUT2D eigenvalue weighted by Crippen LogP contribution is -2.02. The molecule has 0 amide bonds. The molecule has 0 unspecified atom stereocenters. The number of nitrogens with zero attached hydrogens (tertiary/aromatic N) is 5. The zero-order chi connectivity index (χ0) is 12.5. The van der Waals surface area contributed by atoms with E-state index in [9.17, 15) is 0 Å². The van der Waals surface area contributed by atoms with Gasteiger partial charge < -0.3 is 9.84 Å². The summed E-state index contributed by atoms with van der Waals surface area (Å²) in [6.45, 7) is 2.42. The molecule has 0 atom stereocenters. The third kappa shape index (κ3) is 1.79. The van der Waals surface area contributed by atoms with E-state index in [1.807, 2.05) is 20.0 Å². The summed E-state index contributed by atoms with van der Waals surface area (Å²) in [4.78, 5) is 8.38. The fourth-order valence-corrected chi connectivity index (χ4v) is 1.78. The predicted octanol–water partition coefficient (Wildman–Crippen LogP) is 1.27. The maximum absolute atomic E-state index is 5.01. The molecule has 0 saturated carbocycles. The van der Waals surface area contributed by atoms with Crippen molar-refractivity contribution in [3.63, 3.8) is 0 Å². The highest BCUT2D eigenvalue weighted by atomic mass is 16.5. The lowest BCUT2D eigenvalue weighted by atomic mass is 10.3. The largest absolute Gasteiger partial charge is 0.364 e. The second kappa shape index (κ2) is 4.10. The van der Waals surface area contributed by atoms with Gasteiger partial charge in [-0.15, -0.1) is 0 Å². The number of rotatable bonds is 3. The molecule has 0 fully saturated rings. The Morgan fingerprint density at radius 2 is 2.28 bits per heavy atom. The van der Waals surface area contributed by atoms with E-state index in [2.05, 4.69) is 25.5 Å². The van der Waals surface area contributed by atoms with Crippen LogP contribution in [0.5, 0.6) is 0 Å². The van der Waals surface area contributed by atoms with Crippen LogP contribution in [0.3, 0.4) is 0 Å². The highest BCUT2D eigenvalue weighted by Crippen LogP contribution is 2.18. The second-order valence-electron chi connectivity index (χ2n) is 4.01. The molecular formula is C11H12N6O. The lowest BCUT2D eigenvalue weighted by molar-refractivity contribution is 0.391. The highest BCUT2D eigenvalue weighted by Gasteiger charge is 2.08. The van der Waals surface area contributed by atoms with Crippen molar-refractivity contribution in [2.45, 2.75) is 13.5 Å². The quantitative estimate of drug-likeness (QED) is 0.747. The van der Waals surface area contributed by atoms with Gasteiger partial charge in [0.2, 0.25) is 0 Å². The molecule has 0 aromatic carbocycles. The Bertz CT molecular complexity index is 686. The third-order valence-electron chi connectivity index (χ3n) is 2.64. The Balaban J connectivity index is 1.86. The fourth-order valence-electron chi connectivity index (χ4n) is 1.78. The van der Waals surface area contributed by atoms with Gasteiger partial charge in [0.15, 0.2) is 5.65 Å². The molecule has 1 N–H and O–H groups in total. The van der Waals surface area contributed by atoms with Crippen LogP contribution in [0.15, 0.2) is 23.1 Å². The van der Waals surface area contributed by atoms with Gasteiger partial charge in [0, 0.05) is 13.1 Å². The van der Waals surface area contributed by atoms with Gasteiger partial charge in [-0.2, -0.15) is 5.10 Å². The van der Waals surface area contributed by atoms with Gasteiger partial charge >= 0.3 is 0 Å². The predicted molar refractivity (Wildman–Crippen MR) is 64.9 cm³/mol. The summed E-state index contributed by atoms with van der Waals surface area (Å²) in [5, 5.41) is 12.2. The third-order valence-corrected chi connectivity index (χ3v) is 2.64. The Morgan fingerprint density at radius 3 is 3.06 bits per heavy atom.